The monoisotopic (exact) mass is 756 g/mol. The highest BCUT2D eigenvalue weighted by Crippen LogP contribution is 2.50. The molecule has 2 aliphatic rings. The van der Waals surface area contributed by atoms with Gasteiger partial charge < -0.3 is 41.0 Å². The van der Waals surface area contributed by atoms with E-state index in [2.05, 4.69) is 32.7 Å². The van der Waals surface area contributed by atoms with Crippen molar-refractivity contribution in [3.8, 4) is 35.4 Å². The van der Waals surface area contributed by atoms with Crippen LogP contribution >= 0.6 is 0 Å². The van der Waals surface area contributed by atoms with E-state index >= 15 is 0 Å². The molecule has 2 atom stereocenters. The molecule has 0 fully saturated rings. The Morgan fingerprint density at radius 1 is 0.696 bits per heavy atom. The number of benzene rings is 2. The first-order valence-electron chi connectivity index (χ1n) is 17.8. The van der Waals surface area contributed by atoms with E-state index in [-0.39, 0.29) is 0 Å². The Labute approximate surface area is 325 Å². The average Bonchev–Trinajstić information content (AvgIpc) is 3.18. The summed E-state index contributed by atoms with van der Waals surface area (Å²) >= 11 is 0. The Morgan fingerprint density at radius 3 is 1.38 bits per heavy atom. The Hall–Kier alpha value is -7.06. The number of primary amides is 2. The molecule has 0 spiro atoms. The zero-order chi connectivity index (χ0) is 40.8. The van der Waals surface area contributed by atoms with Crippen LogP contribution in [-0.4, -0.2) is 49.2 Å². The van der Waals surface area contributed by atoms with E-state index < -0.39 is 23.7 Å². The van der Waals surface area contributed by atoms with Gasteiger partial charge in [0.2, 0.25) is 23.6 Å². The van der Waals surface area contributed by atoms with Crippen LogP contribution in [0.3, 0.4) is 0 Å². The zero-order valence-electron chi connectivity index (χ0n) is 32.6. The van der Waals surface area contributed by atoms with Gasteiger partial charge in [0.1, 0.15) is 11.5 Å². The molecule has 0 saturated carbocycles. The molecule has 0 aliphatic carbocycles. The number of ether oxygens (including phenoxy) is 4. The van der Waals surface area contributed by atoms with E-state index in [0.717, 1.165) is 33.6 Å². The Morgan fingerprint density at radius 2 is 1.07 bits per heavy atom. The van der Waals surface area contributed by atoms with Gasteiger partial charge in [-0.2, -0.15) is 10.5 Å². The highest BCUT2D eigenvalue weighted by Gasteiger charge is 2.38. The Bertz CT molecular complexity index is 2210. The summed E-state index contributed by atoms with van der Waals surface area (Å²) in [6, 6.07) is 14.4. The standard InChI is InChI=1S/2C21H22N4O3/c2*1-5-28-21-18-17(14-7-6-13(9-22)8-15(14)27-4)16(20(23)26)12(3)25-19(18)11(2)10-24-21/h2*6-8,10,17,25H,5H2,1-4H3,(H2,23,26)/t2*17-/m10/s1. The largest absolute Gasteiger partial charge is 0.496 e. The van der Waals surface area contributed by atoms with Gasteiger partial charge in [0.25, 0.3) is 0 Å². The number of nitrogens with zero attached hydrogens (tertiary/aromatic N) is 4. The molecule has 2 aromatic carbocycles. The first-order chi connectivity index (χ1) is 26.8. The Balaban J connectivity index is 0.000000214. The van der Waals surface area contributed by atoms with Crippen LogP contribution in [0, 0.1) is 36.5 Å². The minimum Gasteiger partial charge on any atom is -0.496 e. The predicted molar refractivity (Wildman–Crippen MR) is 210 cm³/mol. The number of carbonyl (C=O) groups excluding carboxylic acids is 2. The summed E-state index contributed by atoms with van der Waals surface area (Å²) in [5.74, 6) is -0.320. The lowest BCUT2D eigenvalue weighted by atomic mass is 9.79. The number of fused-ring (bicyclic) bond motifs is 2. The lowest BCUT2D eigenvalue weighted by molar-refractivity contribution is -0.115. The van der Waals surface area contributed by atoms with Gasteiger partial charge in [0, 0.05) is 46.1 Å². The van der Waals surface area contributed by atoms with E-state index in [1.807, 2.05) is 41.5 Å². The number of amides is 2. The second kappa shape index (κ2) is 17.0. The summed E-state index contributed by atoms with van der Waals surface area (Å²) < 4.78 is 22.6. The molecule has 0 bridgehead atoms. The summed E-state index contributed by atoms with van der Waals surface area (Å²) in [5, 5.41) is 25.0. The van der Waals surface area contributed by atoms with Crippen molar-refractivity contribution in [3.05, 3.63) is 116 Å². The number of hydrogen-bond acceptors (Lipinski definition) is 12. The van der Waals surface area contributed by atoms with Crippen molar-refractivity contribution in [1.29, 1.82) is 10.5 Å². The van der Waals surface area contributed by atoms with Crippen molar-refractivity contribution in [2.75, 3.05) is 38.1 Å². The molecule has 0 saturated heterocycles. The van der Waals surface area contributed by atoms with Crippen molar-refractivity contribution < 1.29 is 28.5 Å². The van der Waals surface area contributed by atoms with Crippen molar-refractivity contribution in [3.63, 3.8) is 0 Å². The number of anilines is 2. The zero-order valence-corrected chi connectivity index (χ0v) is 32.6. The SMILES string of the molecule is CCOc1ncc(C)c2c1[C@@H](c1ccc(C#N)cc1OC)C(C(N)=O)=C(C)N2.CCOc1ncc(C)c2c1[C@H](c1ccc(C#N)cc1OC)C(C(N)=O)=C(C)N2. The van der Waals surface area contributed by atoms with Crippen LogP contribution in [0.5, 0.6) is 23.3 Å². The second-order valence-corrected chi connectivity index (χ2v) is 13.0. The molecule has 0 radical (unpaired) electrons. The number of aryl methyl sites for hydroxylation is 2. The fourth-order valence-electron chi connectivity index (χ4n) is 7.13. The van der Waals surface area contributed by atoms with E-state index in [0.29, 0.717) is 81.3 Å². The van der Waals surface area contributed by atoms with Gasteiger partial charge in [0.15, 0.2) is 0 Å². The smallest absolute Gasteiger partial charge is 0.247 e. The number of methoxy groups -OCH3 is 2. The molecule has 56 heavy (non-hydrogen) atoms. The quantitative estimate of drug-likeness (QED) is 0.147. The number of carbonyl (C=O) groups is 2. The van der Waals surface area contributed by atoms with Gasteiger partial charge in [-0.1, -0.05) is 12.1 Å². The molecule has 2 amide bonds. The molecule has 6 N–H and O–H groups in total. The van der Waals surface area contributed by atoms with Crippen molar-refractivity contribution >= 4 is 23.2 Å². The van der Waals surface area contributed by atoms with Crippen molar-refractivity contribution in [2.24, 2.45) is 11.5 Å². The third-order valence-corrected chi connectivity index (χ3v) is 9.57. The van der Waals surface area contributed by atoms with Crippen LogP contribution in [-0.2, 0) is 9.59 Å². The van der Waals surface area contributed by atoms with Gasteiger partial charge in [-0.15, -0.1) is 0 Å². The summed E-state index contributed by atoms with van der Waals surface area (Å²) in [7, 11) is 3.06. The van der Waals surface area contributed by atoms with Crippen LogP contribution in [0.1, 0.15) is 84.0 Å². The third-order valence-electron chi connectivity index (χ3n) is 9.57. The second-order valence-electron chi connectivity index (χ2n) is 13.0. The summed E-state index contributed by atoms with van der Waals surface area (Å²) in [6.07, 6.45) is 3.46. The summed E-state index contributed by atoms with van der Waals surface area (Å²) in [4.78, 5) is 33.7. The Kier molecular flexibility index (Phi) is 12.1. The van der Waals surface area contributed by atoms with Gasteiger partial charge in [-0.3, -0.25) is 9.59 Å². The number of aromatic nitrogens is 2. The van der Waals surface area contributed by atoms with Crippen molar-refractivity contribution in [1.82, 2.24) is 9.97 Å². The number of allylic oxidation sites excluding steroid dienone is 2. The van der Waals surface area contributed by atoms with Crippen LogP contribution in [0.25, 0.3) is 0 Å². The van der Waals surface area contributed by atoms with Crippen LogP contribution in [0.15, 0.2) is 71.3 Å². The topological polar surface area (TPSA) is 221 Å². The van der Waals surface area contributed by atoms with Gasteiger partial charge in [0.05, 0.1) is 85.0 Å². The molecule has 4 heterocycles. The first-order valence-corrected chi connectivity index (χ1v) is 17.8. The minimum absolute atomic E-state index is 0.406. The number of hydrogen-bond donors (Lipinski definition) is 4. The lowest BCUT2D eigenvalue weighted by Crippen LogP contribution is -2.28. The van der Waals surface area contributed by atoms with Gasteiger partial charge in [-0.25, -0.2) is 9.97 Å². The fraction of sp³-hybridized carbons (Fsp3) is 0.286. The molecule has 0 unspecified atom stereocenters. The highest BCUT2D eigenvalue weighted by atomic mass is 16.5. The number of nitrogens with one attached hydrogen (secondary N) is 2. The summed E-state index contributed by atoms with van der Waals surface area (Å²) in [6.45, 7) is 12.1. The first kappa shape index (κ1) is 40.1. The summed E-state index contributed by atoms with van der Waals surface area (Å²) in [5.41, 5.74) is 21.0. The molecular weight excluding hydrogens is 713 g/mol. The molecule has 6 rings (SSSR count). The maximum Gasteiger partial charge on any atom is 0.247 e. The maximum atomic E-state index is 12.4. The van der Waals surface area contributed by atoms with Crippen LogP contribution in [0.4, 0.5) is 11.4 Å². The molecular formula is C42H44N8O6. The third kappa shape index (κ3) is 7.50. The number of nitriles is 2. The lowest BCUT2D eigenvalue weighted by Gasteiger charge is -2.32. The van der Waals surface area contributed by atoms with Gasteiger partial charge in [-0.05, 0) is 76.9 Å². The fourth-order valence-corrected chi connectivity index (χ4v) is 7.13. The van der Waals surface area contributed by atoms with Crippen LogP contribution in [0.2, 0.25) is 0 Å². The van der Waals surface area contributed by atoms with Crippen molar-refractivity contribution in [2.45, 2.75) is 53.4 Å². The number of pyridine rings is 2. The van der Waals surface area contributed by atoms with E-state index in [1.54, 1.807) is 48.8 Å². The van der Waals surface area contributed by atoms with Crippen LogP contribution < -0.4 is 41.0 Å². The average molecular weight is 757 g/mol. The van der Waals surface area contributed by atoms with Gasteiger partial charge >= 0.3 is 0 Å². The highest BCUT2D eigenvalue weighted by molar-refractivity contribution is 5.99. The van der Waals surface area contributed by atoms with E-state index in [1.165, 1.54) is 14.2 Å². The van der Waals surface area contributed by atoms with E-state index in [4.69, 9.17) is 30.4 Å². The minimum atomic E-state index is -0.545. The normalized spacial score (nSPS) is 15.3. The molecule has 14 nitrogen and oxygen atoms in total. The molecule has 4 aromatic rings. The number of rotatable bonds is 10. The van der Waals surface area contributed by atoms with E-state index in [9.17, 15) is 20.1 Å². The molecule has 2 aliphatic heterocycles. The molecule has 2 aromatic heterocycles. The number of nitrogens with two attached hydrogens (primary N) is 2. The molecule has 14 heteroatoms. The molecule has 288 valence electrons. The maximum absolute atomic E-state index is 12.4. The predicted octanol–water partition coefficient (Wildman–Crippen LogP) is 5.97.